The normalized spacial score (nSPS) is 15.2. The van der Waals surface area contributed by atoms with Gasteiger partial charge in [0.05, 0.1) is 4.90 Å². The number of aliphatic imine (C=N–C) groups is 1. The standard InChI is InChI=1S/C21H28ClN5O2S.HI/c1-23-21(24-11-10-17-8-9-20(22)25-15-17)26-16-18-6-5-7-19(14-18)30(28,29)27-12-3-2-4-13-27;/h5-9,14-15H,2-4,10-13,16H2,1H3,(H2,23,24,26);1H. The first kappa shape index (κ1) is 25.8. The molecule has 3 rings (SSSR count). The third-order valence-corrected chi connectivity index (χ3v) is 7.15. The van der Waals surface area contributed by atoms with Crippen LogP contribution >= 0.6 is 35.6 Å². The van der Waals surface area contributed by atoms with Gasteiger partial charge in [-0.15, -0.1) is 24.0 Å². The van der Waals surface area contributed by atoms with Crippen molar-refractivity contribution in [1.29, 1.82) is 0 Å². The highest BCUT2D eigenvalue weighted by atomic mass is 127. The fourth-order valence-corrected chi connectivity index (χ4v) is 5.06. The predicted octanol–water partition coefficient (Wildman–Crippen LogP) is 3.44. The fraction of sp³-hybridized carbons (Fsp3) is 0.429. The highest BCUT2D eigenvalue weighted by Gasteiger charge is 2.25. The number of hydrogen-bond acceptors (Lipinski definition) is 4. The molecule has 0 aliphatic carbocycles. The van der Waals surface area contributed by atoms with E-state index in [1.54, 1.807) is 41.8 Å². The van der Waals surface area contributed by atoms with Gasteiger partial charge in [-0.25, -0.2) is 13.4 Å². The van der Waals surface area contributed by atoms with Gasteiger partial charge in [0.1, 0.15) is 5.15 Å². The Balaban J connectivity index is 0.00000341. The Morgan fingerprint density at radius 1 is 1.13 bits per heavy atom. The van der Waals surface area contributed by atoms with Crippen LogP contribution in [0.2, 0.25) is 5.15 Å². The molecular formula is C21H29ClIN5O2S. The van der Waals surface area contributed by atoms with E-state index in [1.807, 2.05) is 12.1 Å². The molecule has 1 saturated heterocycles. The van der Waals surface area contributed by atoms with Crippen molar-refractivity contribution >= 4 is 51.6 Å². The van der Waals surface area contributed by atoms with Crippen LogP contribution in [0.5, 0.6) is 0 Å². The van der Waals surface area contributed by atoms with Crippen LogP contribution in [-0.4, -0.2) is 50.3 Å². The molecule has 7 nitrogen and oxygen atoms in total. The molecule has 2 aromatic rings. The largest absolute Gasteiger partial charge is 0.356 e. The molecule has 0 radical (unpaired) electrons. The van der Waals surface area contributed by atoms with Gasteiger partial charge in [-0.3, -0.25) is 4.99 Å². The van der Waals surface area contributed by atoms with E-state index in [2.05, 4.69) is 20.6 Å². The summed E-state index contributed by atoms with van der Waals surface area (Å²) in [6.07, 6.45) is 5.49. The molecule has 10 heteroatoms. The van der Waals surface area contributed by atoms with Gasteiger partial charge in [0, 0.05) is 39.4 Å². The van der Waals surface area contributed by atoms with E-state index in [-0.39, 0.29) is 24.0 Å². The van der Waals surface area contributed by atoms with E-state index in [9.17, 15) is 8.42 Å². The maximum atomic E-state index is 12.9. The minimum absolute atomic E-state index is 0. The van der Waals surface area contributed by atoms with Gasteiger partial charge in [-0.05, 0) is 48.6 Å². The summed E-state index contributed by atoms with van der Waals surface area (Å²) in [7, 11) is -1.73. The van der Waals surface area contributed by atoms with E-state index in [0.29, 0.717) is 42.2 Å². The van der Waals surface area contributed by atoms with Crippen LogP contribution < -0.4 is 10.6 Å². The molecule has 0 unspecified atom stereocenters. The molecule has 0 amide bonds. The first-order valence-corrected chi connectivity index (χ1v) is 11.9. The van der Waals surface area contributed by atoms with E-state index in [4.69, 9.17) is 11.6 Å². The van der Waals surface area contributed by atoms with Gasteiger partial charge in [-0.2, -0.15) is 4.31 Å². The van der Waals surface area contributed by atoms with Gasteiger partial charge >= 0.3 is 0 Å². The molecule has 1 aliphatic rings. The molecule has 170 valence electrons. The van der Waals surface area contributed by atoms with Crippen molar-refractivity contribution in [1.82, 2.24) is 19.9 Å². The summed E-state index contributed by atoms with van der Waals surface area (Å²) in [4.78, 5) is 8.65. The van der Waals surface area contributed by atoms with Crippen LogP contribution in [-0.2, 0) is 23.0 Å². The third-order valence-electron chi connectivity index (χ3n) is 5.03. The monoisotopic (exact) mass is 577 g/mol. The number of piperidine rings is 1. The first-order chi connectivity index (χ1) is 14.5. The summed E-state index contributed by atoms with van der Waals surface area (Å²) in [5.74, 6) is 0.654. The van der Waals surface area contributed by atoms with Crippen LogP contribution in [0.3, 0.4) is 0 Å². The molecule has 2 N–H and O–H groups in total. The second kappa shape index (κ2) is 12.6. The van der Waals surface area contributed by atoms with Gasteiger partial charge in [0.15, 0.2) is 5.96 Å². The quantitative estimate of drug-likeness (QED) is 0.228. The summed E-state index contributed by atoms with van der Waals surface area (Å²) < 4.78 is 27.4. The second-order valence-corrected chi connectivity index (χ2v) is 9.53. The molecule has 31 heavy (non-hydrogen) atoms. The van der Waals surface area contributed by atoms with Gasteiger partial charge in [-0.1, -0.05) is 36.2 Å². The molecule has 1 aromatic heterocycles. The minimum Gasteiger partial charge on any atom is -0.356 e. The predicted molar refractivity (Wildman–Crippen MR) is 136 cm³/mol. The molecule has 0 atom stereocenters. The Morgan fingerprint density at radius 2 is 1.90 bits per heavy atom. The van der Waals surface area contributed by atoms with Crippen molar-refractivity contribution in [3.63, 3.8) is 0 Å². The van der Waals surface area contributed by atoms with Crippen molar-refractivity contribution in [2.75, 3.05) is 26.7 Å². The summed E-state index contributed by atoms with van der Waals surface area (Å²) in [5, 5.41) is 6.96. The molecule has 0 bridgehead atoms. The lowest BCUT2D eigenvalue weighted by Gasteiger charge is -2.26. The van der Waals surface area contributed by atoms with Crippen LogP contribution in [0.1, 0.15) is 30.4 Å². The second-order valence-electron chi connectivity index (χ2n) is 7.20. The van der Waals surface area contributed by atoms with Crippen molar-refractivity contribution in [3.8, 4) is 0 Å². The highest BCUT2D eigenvalue weighted by molar-refractivity contribution is 14.0. The molecule has 0 spiro atoms. The van der Waals surface area contributed by atoms with Crippen molar-refractivity contribution < 1.29 is 8.42 Å². The van der Waals surface area contributed by atoms with Crippen molar-refractivity contribution in [2.24, 2.45) is 4.99 Å². The molecule has 1 aliphatic heterocycles. The maximum Gasteiger partial charge on any atom is 0.243 e. The number of aromatic nitrogens is 1. The van der Waals surface area contributed by atoms with Gasteiger partial charge in [0.2, 0.25) is 10.0 Å². The number of guanidine groups is 1. The third kappa shape index (κ3) is 7.58. The lowest BCUT2D eigenvalue weighted by Crippen LogP contribution is -2.38. The topological polar surface area (TPSA) is 86.7 Å². The number of halogens is 2. The van der Waals surface area contributed by atoms with E-state index >= 15 is 0 Å². The zero-order valence-electron chi connectivity index (χ0n) is 17.6. The van der Waals surface area contributed by atoms with Crippen LogP contribution in [0.15, 0.2) is 52.5 Å². The number of sulfonamides is 1. The number of rotatable bonds is 7. The molecule has 0 saturated carbocycles. The summed E-state index contributed by atoms with van der Waals surface area (Å²) in [5.41, 5.74) is 1.97. The number of nitrogens with one attached hydrogen (secondary N) is 2. The zero-order chi connectivity index (χ0) is 21.4. The summed E-state index contributed by atoms with van der Waals surface area (Å²) in [6, 6.07) is 10.8. The number of nitrogens with zero attached hydrogens (tertiary/aromatic N) is 3. The Bertz CT molecular complexity index is 964. The molecule has 1 fully saturated rings. The Kier molecular flexibility index (Phi) is 10.5. The fourth-order valence-electron chi connectivity index (χ4n) is 3.36. The first-order valence-electron chi connectivity index (χ1n) is 10.1. The van der Waals surface area contributed by atoms with Crippen LogP contribution in [0, 0.1) is 0 Å². The number of hydrogen-bond donors (Lipinski definition) is 2. The average Bonchev–Trinajstić information content (AvgIpc) is 2.78. The van der Waals surface area contributed by atoms with Crippen LogP contribution in [0.25, 0.3) is 0 Å². The Labute approximate surface area is 206 Å². The molecular weight excluding hydrogens is 549 g/mol. The van der Waals surface area contributed by atoms with Crippen molar-refractivity contribution in [3.05, 3.63) is 58.9 Å². The molecule has 1 aromatic carbocycles. The van der Waals surface area contributed by atoms with E-state index in [1.165, 1.54) is 0 Å². The average molecular weight is 578 g/mol. The SMILES string of the molecule is CN=C(NCCc1ccc(Cl)nc1)NCc1cccc(S(=O)(=O)N2CCCCC2)c1.I. The lowest BCUT2D eigenvalue weighted by molar-refractivity contribution is 0.346. The van der Waals surface area contributed by atoms with E-state index in [0.717, 1.165) is 36.8 Å². The van der Waals surface area contributed by atoms with E-state index < -0.39 is 10.0 Å². The minimum atomic E-state index is -3.43. The molecule has 2 heterocycles. The number of pyridine rings is 1. The lowest BCUT2D eigenvalue weighted by atomic mass is 10.2. The number of benzene rings is 1. The smallest absolute Gasteiger partial charge is 0.243 e. The van der Waals surface area contributed by atoms with Crippen molar-refractivity contribution in [2.45, 2.75) is 37.1 Å². The summed E-state index contributed by atoms with van der Waals surface area (Å²) >= 11 is 5.81. The zero-order valence-corrected chi connectivity index (χ0v) is 21.5. The van der Waals surface area contributed by atoms with Crippen LogP contribution in [0.4, 0.5) is 0 Å². The van der Waals surface area contributed by atoms with Gasteiger partial charge in [0.25, 0.3) is 0 Å². The Hall–Kier alpha value is -1.43. The Morgan fingerprint density at radius 3 is 2.58 bits per heavy atom. The summed E-state index contributed by atoms with van der Waals surface area (Å²) in [6.45, 7) is 2.37. The van der Waals surface area contributed by atoms with Gasteiger partial charge < -0.3 is 10.6 Å². The highest BCUT2D eigenvalue weighted by Crippen LogP contribution is 2.21. The maximum absolute atomic E-state index is 12.9.